The van der Waals surface area contributed by atoms with E-state index in [1.807, 2.05) is 0 Å². The van der Waals surface area contributed by atoms with Crippen LogP contribution in [-0.4, -0.2) is 53.7 Å². The van der Waals surface area contributed by atoms with E-state index in [1.54, 1.807) is 7.11 Å². The maximum absolute atomic E-state index is 13.2. The van der Waals surface area contributed by atoms with E-state index in [2.05, 4.69) is 45.3 Å². The molecule has 0 radical (unpaired) electrons. The van der Waals surface area contributed by atoms with Crippen LogP contribution in [0, 0.1) is 5.92 Å². The summed E-state index contributed by atoms with van der Waals surface area (Å²) in [6.45, 7) is 11.3. The molecular formula is C17H31N3O3. The van der Waals surface area contributed by atoms with Gasteiger partial charge in [-0.25, -0.2) is 4.79 Å². The first kappa shape index (κ1) is 18.2. The van der Waals surface area contributed by atoms with E-state index in [1.165, 1.54) is 4.90 Å². The largest absolute Gasteiger partial charge is 0.383 e. The molecule has 0 aliphatic carbocycles. The van der Waals surface area contributed by atoms with Crippen LogP contribution in [0.3, 0.4) is 0 Å². The summed E-state index contributed by atoms with van der Waals surface area (Å²) < 4.78 is 5.04. The van der Waals surface area contributed by atoms with Crippen LogP contribution in [0.1, 0.15) is 53.9 Å². The van der Waals surface area contributed by atoms with Crippen LogP contribution in [0.15, 0.2) is 0 Å². The quantitative estimate of drug-likeness (QED) is 0.757. The number of hydrogen-bond donors (Lipinski definition) is 2. The van der Waals surface area contributed by atoms with Gasteiger partial charge in [-0.2, -0.15) is 0 Å². The van der Waals surface area contributed by atoms with Gasteiger partial charge in [0.1, 0.15) is 5.54 Å². The highest BCUT2D eigenvalue weighted by Gasteiger charge is 2.63. The minimum atomic E-state index is -0.828. The first-order valence-corrected chi connectivity index (χ1v) is 8.60. The van der Waals surface area contributed by atoms with E-state index in [4.69, 9.17) is 4.74 Å². The molecule has 2 N–H and O–H groups in total. The third-order valence-electron chi connectivity index (χ3n) is 6.19. The summed E-state index contributed by atoms with van der Waals surface area (Å²) in [7, 11) is 1.57. The molecule has 3 amide bonds. The van der Waals surface area contributed by atoms with Crippen molar-refractivity contribution in [3.8, 4) is 0 Å². The van der Waals surface area contributed by atoms with Crippen molar-refractivity contribution in [3.63, 3.8) is 0 Å². The minimum absolute atomic E-state index is 0.00335. The number of carbonyl (C=O) groups is 2. The zero-order valence-electron chi connectivity index (χ0n) is 15.3. The molecule has 132 valence electrons. The molecule has 6 heteroatoms. The molecule has 0 saturated carbocycles. The van der Waals surface area contributed by atoms with Crippen molar-refractivity contribution in [1.29, 1.82) is 0 Å². The number of imide groups is 1. The lowest BCUT2D eigenvalue weighted by Gasteiger charge is -2.56. The standard InChI is InChI=1S/C17H31N3O3/c1-7-15(4)11-17(12(3)16(5,8-2)19-15)13(21)20(9-10-23-6)14(22)18-17/h12,19H,7-11H2,1-6H3,(H,18,22). The van der Waals surface area contributed by atoms with Gasteiger partial charge in [0, 0.05) is 24.1 Å². The van der Waals surface area contributed by atoms with Gasteiger partial charge < -0.3 is 15.4 Å². The topological polar surface area (TPSA) is 70.7 Å². The number of rotatable bonds is 5. The molecule has 0 aromatic carbocycles. The van der Waals surface area contributed by atoms with Gasteiger partial charge in [0.15, 0.2) is 0 Å². The summed E-state index contributed by atoms with van der Waals surface area (Å²) in [5.41, 5.74) is -1.22. The molecule has 2 heterocycles. The number of urea groups is 1. The molecule has 23 heavy (non-hydrogen) atoms. The fraction of sp³-hybridized carbons (Fsp3) is 0.882. The lowest BCUT2D eigenvalue weighted by Crippen LogP contribution is -2.74. The van der Waals surface area contributed by atoms with Crippen molar-refractivity contribution in [3.05, 3.63) is 0 Å². The van der Waals surface area contributed by atoms with Gasteiger partial charge in [-0.05, 0) is 33.1 Å². The minimum Gasteiger partial charge on any atom is -0.383 e. The molecule has 2 rings (SSSR count). The highest BCUT2D eigenvalue weighted by molar-refractivity contribution is 6.07. The van der Waals surface area contributed by atoms with Gasteiger partial charge >= 0.3 is 6.03 Å². The van der Waals surface area contributed by atoms with Gasteiger partial charge in [-0.15, -0.1) is 0 Å². The fourth-order valence-corrected chi connectivity index (χ4v) is 4.21. The lowest BCUT2D eigenvalue weighted by atomic mass is 9.61. The van der Waals surface area contributed by atoms with Crippen molar-refractivity contribution in [2.45, 2.75) is 70.5 Å². The highest BCUT2D eigenvalue weighted by atomic mass is 16.5. The third-order valence-corrected chi connectivity index (χ3v) is 6.19. The van der Waals surface area contributed by atoms with Crippen molar-refractivity contribution in [2.75, 3.05) is 20.3 Å². The van der Waals surface area contributed by atoms with E-state index >= 15 is 0 Å². The van der Waals surface area contributed by atoms with Crippen molar-refractivity contribution in [1.82, 2.24) is 15.5 Å². The monoisotopic (exact) mass is 325 g/mol. The Morgan fingerprint density at radius 2 is 1.91 bits per heavy atom. The number of hydrogen-bond acceptors (Lipinski definition) is 4. The van der Waals surface area contributed by atoms with Gasteiger partial charge in [0.25, 0.3) is 5.91 Å². The molecule has 0 aromatic heterocycles. The Kier molecular flexibility index (Phi) is 4.79. The molecule has 2 aliphatic rings. The average Bonchev–Trinajstić information content (AvgIpc) is 2.74. The van der Waals surface area contributed by atoms with Crippen LogP contribution in [-0.2, 0) is 9.53 Å². The van der Waals surface area contributed by atoms with Crippen molar-refractivity contribution < 1.29 is 14.3 Å². The number of ether oxygens (including phenoxy) is 1. The zero-order chi connectivity index (χ0) is 17.5. The second-order valence-electron chi connectivity index (χ2n) is 7.56. The molecule has 0 aromatic rings. The SMILES string of the molecule is CCC1(C)CC2(NC(=O)N(CCOC)C2=O)C(C)C(C)(CC)N1. The second kappa shape index (κ2) is 6.06. The summed E-state index contributed by atoms with van der Waals surface area (Å²) >= 11 is 0. The number of methoxy groups -OCH3 is 1. The summed E-state index contributed by atoms with van der Waals surface area (Å²) in [4.78, 5) is 26.9. The zero-order valence-corrected chi connectivity index (χ0v) is 15.3. The average molecular weight is 325 g/mol. The van der Waals surface area contributed by atoms with E-state index in [9.17, 15) is 9.59 Å². The van der Waals surface area contributed by atoms with E-state index in [-0.39, 0.29) is 28.9 Å². The molecular weight excluding hydrogens is 294 g/mol. The Bertz CT molecular complexity index is 497. The number of amides is 3. The molecule has 6 nitrogen and oxygen atoms in total. The van der Waals surface area contributed by atoms with E-state index < -0.39 is 5.54 Å². The summed E-state index contributed by atoms with van der Waals surface area (Å²) in [6.07, 6.45) is 2.41. The summed E-state index contributed by atoms with van der Waals surface area (Å²) in [6, 6.07) is -0.294. The Morgan fingerprint density at radius 3 is 2.43 bits per heavy atom. The fourth-order valence-electron chi connectivity index (χ4n) is 4.21. The van der Waals surface area contributed by atoms with Crippen LogP contribution in [0.4, 0.5) is 4.79 Å². The summed E-state index contributed by atoms with van der Waals surface area (Å²) in [5, 5.41) is 6.80. The second-order valence-corrected chi connectivity index (χ2v) is 7.56. The Hall–Kier alpha value is -1.14. The maximum atomic E-state index is 13.2. The van der Waals surface area contributed by atoms with Gasteiger partial charge in [-0.3, -0.25) is 9.69 Å². The molecule has 2 fully saturated rings. The summed E-state index contributed by atoms with van der Waals surface area (Å²) in [5.74, 6) is -0.100. The number of piperidine rings is 1. The van der Waals surface area contributed by atoms with E-state index in [0.29, 0.717) is 19.6 Å². The van der Waals surface area contributed by atoms with Gasteiger partial charge in [0.05, 0.1) is 13.2 Å². The molecule has 4 atom stereocenters. The molecule has 2 saturated heterocycles. The van der Waals surface area contributed by atoms with E-state index in [0.717, 1.165) is 12.8 Å². The van der Waals surface area contributed by atoms with Gasteiger partial charge in [-0.1, -0.05) is 20.8 Å². The Morgan fingerprint density at radius 1 is 1.26 bits per heavy atom. The lowest BCUT2D eigenvalue weighted by molar-refractivity contribution is -0.139. The first-order chi connectivity index (χ1) is 10.7. The van der Waals surface area contributed by atoms with Crippen LogP contribution in [0.2, 0.25) is 0 Å². The van der Waals surface area contributed by atoms with Crippen molar-refractivity contribution >= 4 is 11.9 Å². The highest BCUT2D eigenvalue weighted by Crippen LogP contribution is 2.46. The molecule has 0 bridgehead atoms. The number of nitrogens with one attached hydrogen (secondary N) is 2. The molecule has 4 unspecified atom stereocenters. The number of nitrogens with zero attached hydrogens (tertiary/aromatic N) is 1. The first-order valence-electron chi connectivity index (χ1n) is 8.60. The predicted molar refractivity (Wildman–Crippen MR) is 89.2 cm³/mol. The molecule has 1 spiro atoms. The molecule has 2 aliphatic heterocycles. The predicted octanol–water partition coefficient (Wildman–Crippen LogP) is 1.89. The maximum Gasteiger partial charge on any atom is 0.325 e. The van der Waals surface area contributed by atoms with Crippen LogP contribution in [0.25, 0.3) is 0 Å². The normalized spacial score (nSPS) is 40.8. The van der Waals surface area contributed by atoms with Crippen LogP contribution < -0.4 is 10.6 Å². The van der Waals surface area contributed by atoms with Crippen LogP contribution in [0.5, 0.6) is 0 Å². The number of carbonyl (C=O) groups excluding carboxylic acids is 2. The Balaban J connectivity index is 2.42. The smallest absolute Gasteiger partial charge is 0.325 e. The third kappa shape index (κ3) is 2.76. The van der Waals surface area contributed by atoms with Crippen LogP contribution >= 0.6 is 0 Å². The van der Waals surface area contributed by atoms with Gasteiger partial charge in [0.2, 0.25) is 0 Å². The van der Waals surface area contributed by atoms with Crippen molar-refractivity contribution in [2.24, 2.45) is 5.92 Å². The Labute approximate surface area is 139 Å².